The summed E-state index contributed by atoms with van der Waals surface area (Å²) in [7, 11) is 1.83. The van der Waals surface area contributed by atoms with E-state index in [9.17, 15) is 4.79 Å². The van der Waals surface area contributed by atoms with Crippen LogP contribution < -0.4 is 0 Å². The fourth-order valence-corrected chi connectivity index (χ4v) is 3.39. The normalized spacial score (nSPS) is 11.4. The molecule has 3 rings (SSSR count). The molecule has 3 heterocycles. The molecule has 0 radical (unpaired) electrons. The van der Waals surface area contributed by atoms with Crippen molar-refractivity contribution in [1.82, 2.24) is 29.5 Å². The Balaban J connectivity index is 1.89. The molecule has 0 fully saturated rings. The summed E-state index contributed by atoms with van der Waals surface area (Å²) in [5.41, 5.74) is 2.05. The maximum absolute atomic E-state index is 13.2. The van der Waals surface area contributed by atoms with Crippen LogP contribution in [0.1, 0.15) is 49.7 Å². The number of hydrogen-bond donors (Lipinski definition) is 0. The van der Waals surface area contributed by atoms with Crippen molar-refractivity contribution in [1.29, 1.82) is 0 Å². The summed E-state index contributed by atoms with van der Waals surface area (Å²) in [5.74, 6) is 1.10. The van der Waals surface area contributed by atoms with Crippen molar-refractivity contribution in [2.75, 3.05) is 33.2 Å². The third-order valence-electron chi connectivity index (χ3n) is 5.18. The lowest BCUT2D eigenvalue weighted by atomic mass is 10.1. The molecule has 0 saturated heterocycles. The molecule has 1 amide bonds. The first-order valence-corrected chi connectivity index (χ1v) is 10.4. The van der Waals surface area contributed by atoms with Crippen LogP contribution in [-0.2, 0) is 0 Å². The summed E-state index contributed by atoms with van der Waals surface area (Å²) in [6, 6.07) is 5.45. The van der Waals surface area contributed by atoms with Crippen molar-refractivity contribution in [3.63, 3.8) is 0 Å². The van der Waals surface area contributed by atoms with Gasteiger partial charge in [0.1, 0.15) is 5.69 Å². The molecule has 0 bridgehead atoms. The highest BCUT2D eigenvalue weighted by molar-refractivity contribution is 5.95. The highest BCUT2D eigenvalue weighted by Crippen LogP contribution is 2.24. The Labute approximate surface area is 177 Å². The van der Waals surface area contributed by atoms with E-state index in [0.29, 0.717) is 29.5 Å². The van der Waals surface area contributed by atoms with Crippen LogP contribution in [0.15, 0.2) is 41.3 Å². The number of rotatable bonds is 9. The van der Waals surface area contributed by atoms with Crippen molar-refractivity contribution in [3.8, 4) is 17.4 Å². The van der Waals surface area contributed by atoms with Gasteiger partial charge < -0.3 is 14.2 Å². The van der Waals surface area contributed by atoms with Gasteiger partial charge in [-0.15, -0.1) is 0 Å². The summed E-state index contributed by atoms with van der Waals surface area (Å²) in [6.45, 7) is 11.8. The van der Waals surface area contributed by atoms with E-state index >= 15 is 0 Å². The van der Waals surface area contributed by atoms with Gasteiger partial charge >= 0.3 is 0 Å². The van der Waals surface area contributed by atoms with E-state index in [1.165, 1.54) is 0 Å². The Morgan fingerprint density at radius 2 is 1.97 bits per heavy atom. The Morgan fingerprint density at radius 1 is 1.20 bits per heavy atom. The number of hydrogen-bond acceptors (Lipinski definition) is 6. The van der Waals surface area contributed by atoms with Gasteiger partial charge in [0.15, 0.2) is 5.76 Å². The van der Waals surface area contributed by atoms with Gasteiger partial charge in [-0.2, -0.15) is 5.10 Å². The second-order valence-electron chi connectivity index (χ2n) is 7.48. The first-order chi connectivity index (χ1) is 14.5. The standard InChI is InChI=1S/C22H30N6O2/c1-6-27(7-2)13-12-26(5)21(29)17-15-24-28(20(17)16(3)4)22-23-11-10-18(25-22)19-9-8-14-30-19/h8-11,14-16H,6-7,12-13H2,1-5H3. The molecule has 0 aliphatic rings. The third-order valence-corrected chi connectivity index (χ3v) is 5.18. The zero-order valence-corrected chi connectivity index (χ0v) is 18.4. The number of aromatic nitrogens is 4. The lowest BCUT2D eigenvalue weighted by Crippen LogP contribution is -2.36. The average Bonchev–Trinajstić information content (AvgIpc) is 3.44. The van der Waals surface area contributed by atoms with Crippen LogP contribution in [0.25, 0.3) is 17.4 Å². The Bertz CT molecular complexity index is 960. The predicted molar refractivity (Wildman–Crippen MR) is 116 cm³/mol. The molecule has 160 valence electrons. The minimum atomic E-state index is -0.0423. The van der Waals surface area contributed by atoms with Crippen molar-refractivity contribution < 1.29 is 9.21 Å². The Morgan fingerprint density at radius 3 is 2.60 bits per heavy atom. The predicted octanol–water partition coefficient (Wildman–Crippen LogP) is 3.46. The highest BCUT2D eigenvalue weighted by atomic mass is 16.3. The van der Waals surface area contributed by atoms with Crippen molar-refractivity contribution in [2.24, 2.45) is 0 Å². The molecule has 3 aromatic rings. The van der Waals surface area contributed by atoms with E-state index in [1.807, 2.05) is 33.0 Å². The van der Waals surface area contributed by atoms with Gasteiger partial charge in [0, 0.05) is 26.3 Å². The summed E-state index contributed by atoms with van der Waals surface area (Å²) in [5, 5.41) is 4.46. The van der Waals surface area contributed by atoms with E-state index in [4.69, 9.17) is 4.42 Å². The summed E-state index contributed by atoms with van der Waals surface area (Å²) in [4.78, 5) is 26.2. The SMILES string of the molecule is CCN(CC)CCN(C)C(=O)c1cnn(-c2nccc(-c3ccco3)n2)c1C(C)C. The first kappa shape index (κ1) is 21.7. The molecule has 0 aliphatic carbocycles. The zero-order valence-electron chi connectivity index (χ0n) is 18.4. The van der Waals surface area contributed by atoms with E-state index in [-0.39, 0.29) is 11.8 Å². The largest absolute Gasteiger partial charge is 0.463 e. The van der Waals surface area contributed by atoms with Crippen LogP contribution in [0.4, 0.5) is 0 Å². The van der Waals surface area contributed by atoms with Crippen molar-refractivity contribution in [3.05, 3.63) is 48.1 Å². The summed E-state index contributed by atoms with van der Waals surface area (Å²) >= 11 is 0. The van der Waals surface area contributed by atoms with Crippen LogP contribution >= 0.6 is 0 Å². The summed E-state index contributed by atoms with van der Waals surface area (Å²) < 4.78 is 7.10. The van der Waals surface area contributed by atoms with Crippen LogP contribution in [0.3, 0.4) is 0 Å². The number of carbonyl (C=O) groups is 1. The monoisotopic (exact) mass is 410 g/mol. The van der Waals surface area contributed by atoms with Gasteiger partial charge in [0.05, 0.1) is 23.7 Å². The summed E-state index contributed by atoms with van der Waals surface area (Å²) in [6.07, 6.45) is 4.90. The minimum absolute atomic E-state index is 0.0423. The molecular formula is C22H30N6O2. The molecule has 3 aromatic heterocycles. The number of nitrogens with zero attached hydrogens (tertiary/aromatic N) is 6. The van der Waals surface area contributed by atoms with Gasteiger partial charge in [-0.05, 0) is 37.2 Å². The molecule has 0 spiro atoms. The fourth-order valence-electron chi connectivity index (χ4n) is 3.39. The lowest BCUT2D eigenvalue weighted by molar-refractivity contribution is 0.0778. The molecule has 0 N–H and O–H groups in total. The molecule has 8 heteroatoms. The smallest absolute Gasteiger partial charge is 0.257 e. The minimum Gasteiger partial charge on any atom is -0.463 e. The van der Waals surface area contributed by atoms with E-state index in [2.05, 4.69) is 33.8 Å². The zero-order chi connectivity index (χ0) is 21.7. The van der Waals surface area contributed by atoms with Gasteiger partial charge in [0.2, 0.25) is 0 Å². The number of furan rings is 1. The van der Waals surface area contributed by atoms with Crippen LogP contribution in [0, 0.1) is 0 Å². The second kappa shape index (κ2) is 9.67. The molecular weight excluding hydrogens is 380 g/mol. The van der Waals surface area contributed by atoms with E-state index in [0.717, 1.165) is 25.3 Å². The Hall–Kier alpha value is -3.00. The molecule has 0 aromatic carbocycles. The number of amides is 1. The number of likely N-dealkylation sites (N-methyl/N-ethyl adjacent to an activating group) is 2. The number of carbonyl (C=O) groups excluding carboxylic acids is 1. The molecule has 0 atom stereocenters. The molecule has 0 aliphatic heterocycles. The molecule has 0 unspecified atom stereocenters. The molecule has 8 nitrogen and oxygen atoms in total. The van der Waals surface area contributed by atoms with E-state index < -0.39 is 0 Å². The van der Waals surface area contributed by atoms with Gasteiger partial charge in [-0.1, -0.05) is 27.7 Å². The lowest BCUT2D eigenvalue weighted by Gasteiger charge is -2.23. The van der Waals surface area contributed by atoms with Crippen LogP contribution in [0.5, 0.6) is 0 Å². The Kier molecular flexibility index (Phi) is 6.99. The topological polar surface area (TPSA) is 80.3 Å². The maximum Gasteiger partial charge on any atom is 0.257 e. The highest BCUT2D eigenvalue weighted by Gasteiger charge is 2.24. The van der Waals surface area contributed by atoms with Crippen LogP contribution in [0.2, 0.25) is 0 Å². The maximum atomic E-state index is 13.2. The molecule has 0 saturated carbocycles. The van der Waals surface area contributed by atoms with Crippen molar-refractivity contribution >= 4 is 5.91 Å². The van der Waals surface area contributed by atoms with Gasteiger partial charge in [-0.3, -0.25) is 4.79 Å². The third kappa shape index (κ3) is 4.59. The second-order valence-corrected chi connectivity index (χ2v) is 7.48. The van der Waals surface area contributed by atoms with Crippen molar-refractivity contribution in [2.45, 2.75) is 33.6 Å². The van der Waals surface area contributed by atoms with E-state index in [1.54, 1.807) is 34.3 Å². The fraction of sp³-hybridized carbons (Fsp3) is 0.455. The molecule has 30 heavy (non-hydrogen) atoms. The quantitative estimate of drug-likeness (QED) is 0.537. The van der Waals surface area contributed by atoms with Gasteiger partial charge in [-0.25, -0.2) is 14.6 Å². The first-order valence-electron chi connectivity index (χ1n) is 10.4. The van der Waals surface area contributed by atoms with Crippen LogP contribution in [-0.4, -0.2) is 68.7 Å². The van der Waals surface area contributed by atoms with Gasteiger partial charge in [0.25, 0.3) is 11.9 Å². The average molecular weight is 411 g/mol.